The molecule has 1 heterocycles. The molecule has 0 bridgehead atoms. The van der Waals surface area contributed by atoms with Crippen LogP contribution in [0.15, 0.2) is 4.47 Å². The van der Waals surface area contributed by atoms with Gasteiger partial charge in [0.1, 0.15) is 0 Å². The van der Waals surface area contributed by atoms with Crippen molar-refractivity contribution in [2.75, 3.05) is 6.61 Å². The minimum Gasteiger partial charge on any atom is -0.375 e. The Kier molecular flexibility index (Phi) is 5.00. The molecule has 0 spiro atoms. The number of hydrogen-bond donors (Lipinski definition) is 0. The van der Waals surface area contributed by atoms with Crippen molar-refractivity contribution in [3.8, 4) is 0 Å². The third-order valence-electron chi connectivity index (χ3n) is 2.27. The van der Waals surface area contributed by atoms with Gasteiger partial charge in [-0.3, -0.25) is 4.68 Å². The highest BCUT2D eigenvalue weighted by atomic mass is 79.9. The molecule has 17 heavy (non-hydrogen) atoms. The molecule has 0 radical (unpaired) electrons. The largest absolute Gasteiger partial charge is 0.391 e. The number of nitrogens with zero attached hydrogens (tertiary/aromatic N) is 2. The third-order valence-corrected chi connectivity index (χ3v) is 3.19. The molecule has 0 saturated heterocycles. The van der Waals surface area contributed by atoms with Crippen LogP contribution in [0.5, 0.6) is 0 Å². The van der Waals surface area contributed by atoms with Crippen LogP contribution < -0.4 is 0 Å². The van der Waals surface area contributed by atoms with Crippen LogP contribution in [0, 0.1) is 0 Å². The van der Waals surface area contributed by atoms with Gasteiger partial charge < -0.3 is 4.74 Å². The van der Waals surface area contributed by atoms with Crippen LogP contribution in [-0.2, 0) is 24.8 Å². The molecule has 0 aliphatic heterocycles. The van der Waals surface area contributed by atoms with Gasteiger partial charge in [0, 0.05) is 7.05 Å². The van der Waals surface area contributed by atoms with E-state index >= 15 is 0 Å². The number of aryl methyl sites for hydroxylation is 2. The van der Waals surface area contributed by atoms with E-state index in [1.54, 1.807) is 11.7 Å². The van der Waals surface area contributed by atoms with E-state index in [0.29, 0.717) is 0 Å². The quantitative estimate of drug-likeness (QED) is 0.780. The van der Waals surface area contributed by atoms with Crippen molar-refractivity contribution < 1.29 is 17.9 Å². The van der Waals surface area contributed by atoms with Crippen molar-refractivity contribution in [1.82, 2.24) is 9.78 Å². The summed E-state index contributed by atoms with van der Waals surface area (Å²) < 4.78 is 43.1. The lowest BCUT2D eigenvalue weighted by Gasteiger charge is -2.07. The molecule has 0 aliphatic rings. The van der Waals surface area contributed by atoms with E-state index in [4.69, 9.17) is 4.74 Å². The monoisotopic (exact) mass is 314 g/mol. The van der Waals surface area contributed by atoms with Crippen LogP contribution in [0.3, 0.4) is 0 Å². The van der Waals surface area contributed by atoms with Crippen LogP contribution in [-0.4, -0.2) is 22.6 Å². The highest BCUT2D eigenvalue weighted by molar-refractivity contribution is 9.10. The summed E-state index contributed by atoms with van der Waals surface area (Å²) in [6.45, 7) is 1.75. The molecular formula is C10H14BrF3N2O. The number of alkyl halides is 3. The van der Waals surface area contributed by atoms with Crippen LogP contribution in [0.1, 0.15) is 24.7 Å². The van der Waals surface area contributed by atoms with E-state index in [9.17, 15) is 13.2 Å². The zero-order chi connectivity index (χ0) is 13.1. The average molecular weight is 315 g/mol. The minimum absolute atomic E-state index is 0.125. The molecule has 0 aliphatic carbocycles. The van der Waals surface area contributed by atoms with Gasteiger partial charge in [0.25, 0.3) is 0 Å². The topological polar surface area (TPSA) is 27.1 Å². The van der Waals surface area contributed by atoms with E-state index in [-0.39, 0.29) is 13.2 Å². The van der Waals surface area contributed by atoms with E-state index in [0.717, 1.165) is 22.3 Å². The Bertz CT molecular complexity index is 376. The molecule has 0 amide bonds. The minimum atomic E-state index is -4.17. The predicted molar refractivity (Wildman–Crippen MR) is 60.6 cm³/mol. The molecule has 1 rings (SSSR count). The summed E-state index contributed by atoms with van der Waals surface area (Å²) in [5, 5.41) is 4.22. The van der Waals surface area contributed by atoms with Crippen molar-refractivity contribution in [1.29, 1.82) is 0 Å². The lowest BCUT2D eigenvalue weighted by Crippen LogP contribution is -2.12. The van der Waals surface area contributed by atoms with Gasteiger partial charge in [-0.25, -0.2) is 0 Å². The first-order chi connectivity index (χ1) is 7.85. The first kappa shape index (κ1) is 14.5. The van der Waals surface area contributed by atoms with E-state index in [1.807, 2.05) is 6.92 Å². The fraction of sp³-hybridized carbons (Fsp3) is 0.700. The lowest BCUT2D eigenvalue weighted by atomic mass is 10.3. The Morgan fingerprint density at radius 3 is 2.53 bits per heavy atom. The maximum absolute atomic E-state index is 11.9. The molecule has 0 unspecified atom stereocenters. The maximum Gasteiger partial charge on any atom is 0.391 e. The number of rotatable bonds is 5. The van der Waals surface area contributed by atoms with Crippen molar-refractivity contribution in [2.45, 2.75) is 32.5 Å². The Hall–Kier alpha value is -0.560. The Morgan fingerprint density at radius 1 is 1.41 bits per heavy atom. The second-order valence-corrected chi connectivity index (χ2v) is 4.40. The SMILES string of the molecule is CCc1nn(C)c(COCCC(F)(F)F)c1Br. The Labute approximate surface area is 106 Å². The molecule has 0 aromatic carbocycles. The van der Waals surface area contributed by atoms with E-state index in [1.165, 1.54) is 0 Å². The van der Waals surface area contributed by atoms with Gasteiger partial charge in [0.15, 0.2) is 0 Å². The average Bonchev–Trinajstić information content (AvgIpc) is 2.48. The summed E-state index contributed by atoms with van der Waals surface area (Å²) in [7, 11) is 1.74. The molecule has 0 atom stereocenters. The van der Waals surface area contributed by atoms with E-state index in [2.05, 4.69) is 21.0 Å². The van der Waals surface area contributed by atoms with E-state index < -0.39 is 12.6 Å². The second-order valence-electron chi connectivity index (χ2n) is 3.60. The summed E-state index contributed by atoms with van der Waals surface area (Å²) in [5.74, 6) is 0. The molecule has 0 N–H and O–H groups in total. The summed E-state index contributed by atoms with van der Waals surface area (Å²) >= 11 is 3.37. The number of hydrogen-bond acceptors (Lipinski definition) is 2. The van der Waals surface area contributed by atoms with Crippen LogP contribution >= 0.6 is 15.9 Å². The van der Waals surface area contributed by atoms with Crippen LogP contribution in [0.4, 0.5) is 13.2 Å². The predicted octanol–water partition coefficient (Wildman–Crippen LogP) is 3.21. The Balaban J connectivity index is 2.50. The molecule has 1 aromatic rings. The number of halogens is 4. The van der Waals surface area contributed by atoms with Crippen molar-refractivity contribution in [2.24, 2.45) is 7.05 Å². The summed E-state index contributed by atoms with van der Waals surface area (Å²) in [6, 6.07) is 0. The molecule has 7 heteroatoms. The van der Waals surface area contributed by atoms with Gasteiger partial charge in [-0.1, -0.05) is 6.92 Å². The van der Waals surface area contributed by atoms with Gasteiger partial charge in [-0.15, -0.1) is 0 Å². The second kappa shape index (κ2) is 5.86. The highest BCUT2D eigenvalue weighted by Crippen LogP contribution is 2.23. The first-order valence-corrected chi connectivity index (χ1v) is 5.99. The third kappa shape index (κ3) is 4.31. The van der Waals surface area contributed by atoms with Gasteiger partial charge in [-0.05, 0) is 22.4 Å². The van der Waals surface area contributed by atoms with Crippen molar-refractivity contribution in [3.05, 3.63) is 15.9 Å². The fourth-order valence-corrected chi connectivity index (χ4v) is 2.06. The molecule has 3 nitrogen and oxygen atoms in total. The van der Waals surface area contributed by atoms with Crippen molar-refractivity contribution >= 4 is 15.9 Å². The summed E-state index contributed by atoms with van der Waals surface area (Å²) in [4.78, 5) is 0. The smallest absolute Gasteiger partial charge is 0.375 e. The molecule has 98 valence electrons. The number of aromatic nitrogens is 2. The van der Waals surface area contributed by atoms with Gasteiger partial charge in [0.2, 0.25) is 0 Å². The standard InChI is InChI=1S/C10H14BrF3N2O/c1-3-7-9(11)8(16(2)15-7)6-17-5-4-10(12,13)14/h3-6H2,1-2H3. The molecular weight excluding hydrogens is 301 g/mol. The highest BCUT2D eigenvalue weighted by Gasteiger charge is 2.26. The molecule has 0 fully saturated rings. The zero-order valence-electron chi connectivity index (χ0n) is 9.64. The lowest BCUT2D eigenvalue weighted by molar-refractivity contribution is -0.146. The normalized spacial score (nSPS) is 12.1. The summed E-state index contributed by atoms with van der Waals surface area (Å²) in [6.07, 6.45) is -4.33. The maximum atomic E-state index is 11.9. The zero-order valence-corrected chi connectivity index (χ0v) is 11.2. The summed E-state index contributed by atoms with van der Waals surface area (Å²) in [5.41, 5.74) is 1.63. The van der Waals surface area contributed by atoms with Gasteiger partial charge in [0.05, 0.1) is 35.5 Å². The van der Waals surface area contributed by atoms with Gasteiger partial charge in [-0.2, -0.15) is 18.3 Å². The van der Waals surface area contributed by atoms with Gasteiger partial charge >= 0.3 is 6.18 Å². The molecule has 1 aromatic heterocycles. The number of ether oxygens (including phenoxy) is 1. The van der Waals surface area contributed by atoms with Crippen LogP contribution in [0.25, 0.3) is 0 Å². The Morgan fingerprint density at radius 2 is 2.06 bits per heavy atom. The van der Waals surface area contributed by atoms with Crippen molar-refractivity contribution in [3.63, 3.8) is 0 Å². The van der Waals surface area contributed by atoms with Crippen LogP contribution in [0.2, 0.25) is 0 Å². The fourth-order valence-electron chi connectivity index (χ4n) is 1.33. The first-order valence-electron chi connectivity index (χ1n) is 5.20. The molecule has 0 saturated carbocycles.